The molecule has 1 atom stereocenters. The Balaban J connectivity index is 1.32. The molecule has 5 rings (SSSR count). The fraction of sp³-hybridized carbons (Fsp3) is 0.379. The fourth-order valence-corrected chi connectivity index (χ4v) is 5.33. The minimum atomic E-state index is -0.663. The van der Waals surface area contributed by atoms with Gasteiger partial charge in [-0.25, -0.2) is 0 Å². The van der Waals surface area contributed by atoms with Gasteiger partial charge in [0.1, 0.15) is 18.1 Å². The van der Waals surface area contributed by atoms with Gasteiger partial charge in [0.15, 0.2) is 0 Å². The maximum absolute atomic E-state index is 13.3. The summed E-state index contributed by atoms with van der Waals surface area (Å²) in [6.45, 7) is 11.1. The molecule has 0 saturated carbocycles. The monoisotopic (exact) mass is 486 g/mol. The van der Waals surface area contributed by atoms with Crippen molar-refractivity contribution >= 4 is 23.1 Å². The van der Waals surface area contributed by atoms with Gasteiger partial charge in [-0.05, 0) is 36.6 Å². The Labute approximate surface area is 212 Å². The first kappa shape index (κ1) is 24.1. The van der Waals surface area contributed by atoms with Gasteiger partial charge >= 0.3 is 0 Å². The lowest BCUT2D eigenvalue weighted by Crippen LogP contribution is -2.57. The van der Waals surface area contributed by atoms with Crippen LogP contribution in [0.5, 0.6) is 5.75 Å². The van der Waals surface area contributed by atoms with Crippen molar-refractivity contribution in [3.05, 3.63) is 66.0 Å². The van der Waals surface area contributed by atoms with Crippen LogP contribution >= 0.6 is 0 Å². The number of carbonyl (C=O) groups excluding carboxylic acids is 2. The summed E-state index contributed by atoms with van der Waals surface area (Å²) in [6.07, 6.45) is 0. The van der Waals surface area contributed by atoms with Crippen LogP contribution in [-0.2, 0) is 11.8 Å². The van der Waals surface area contributed by atoms with Gasteiger partial charge < -0.3 is 19.5 Å². The molecule has 2 aliphatic heterocycles. The summed E-state index contributed by atoms with van der Waals surface area (Å²) in [5.41, 5.74) is 4.55. The molecule has 1 fully saturated rings. The lowest BCUT2D eigenvalue weighted by atomic mass is 10.0. The van der Waals surface area contributed by atoms with Gasteiger partial charge in [-0.1, -0.05) is 44.2 Å². The number of hydrogen-bond donors (Lipinski definition) is 1. The van der Waals surface area contributed by atoms with E-state index in [1.165, 1.54) is 0 Å². The van der Waals surface area contributed by atoms with Crippen molar-refractivity contribution in [1.82, 2.24) is 9.47 Å². The SMILES string of the molecule is Cc1cc(-c2ccccc2)c(C(=O)C(=O)Nc2ccc3c(c2)OCC2CN(CC(C)C)CCN32)n1C. The van der Waals surface area contributed by atoms with Gasteiger partial charge in [-0.3, -0.25) is 14.5 Å². The van der Waals surface area contributed by atoms with Crippen molar-refractivity contribution in [2.45, 2.75) is 26.8 Å². The Hall–Kier alpha value is -3.58. The van der Waals surface area contributed by atoms with Crippen LogP contribution < -0.4 is 15.0 Å². The zero-order valence-corrected chi connectivity index (χ0v) is 21.5. The number of aryl methyl sites for hydroxylation is 1. The predicted molar refractivity (Wildman–Crippen MR) is 143 cm³/mol. The summed E-state index contributed by atoms with van der Waals surface area (Å²) < 4.78 is 7.88. The summed E-state index contributed by atoms with van der Waals surface area (Å²) >= 11 is 0. The number of fused-ring (bicyclic) bond motifs is 3. The molecule has 7 heteroatoms. The van der Waals surface area contributed by atoms with Crippen molar-refractivity contribution in [3.8, 4) is 16.9 Å². The van der Waals surface area contributed by atoms with E-state index in [4.69, 9.17) is 4.74 Å². The van der Waals surface area contributed by atoms with Crippen LogP contribution in [0.25, 0.3) is 11.1 Å². The summed E-state index contributed by atoms with van der Waals surface area (Å²) in [5, 5.41) is 2.80. The first-order valence-corrected chi connectivity index (χ1v) is 12.6. The van der Waals surface area contributed by atoms with Crippen LogP contribution in [0.3, 0.4) is 0 Å². The average molecular weight is 487 g/mol. The number of rotatable bonds is 6. The second-order valence-electron chi connectivity index (χ2n) is 10.3. The molecule has 0 bridgehead atoms. The number of nitrogens with one attached hydrogen (secondary N) is 1. The number of nitrogens with zero attached hydrogens (tertiary/aromatic N) is 3. The number of anilines is 2. The molecule has 188 valence electrons. The Morgan fingerprint density at radius 2 is 1.86 bits per heavy atom. The molecule has 1 N–H and O–H groups in total. The van der Waals surface area contributed by atoms with E-state index < -0.39 is 11.7 Å². The Bertz CT molecular complexity index is 1280. The Kier molecular flexibility index (Phi) is 6.58. The summed E-state index contributed by atoms with van der Waals surface area (Å²) in [4.78, 5) is 31.2. The number of Topliss-reactive ketones (excluding diaryl/α,β-unsaturated/α-hetero) is 1. The maximum Gasteiger partial charge on any atom is 0.298 e. The van der Waals surface area contributed by atoms with E-state index >= 15 is 0 Å². The lowest BCUT2D eigenvalue weighted by molar-refractivity contribution is -0.112. The number of carbonyl (C=O) groups is 2. The highest BCUT2D eigenvalue weighted by Gasteiger charge is 2.33. The third-order valence-corrected chi connectivity index (χ3v) is 7.13. The number of aromatic nitrogens is 1. The van der Waals surface area contributed by atoms with Crippen LogP contribution in [0.15, 0.2) is 54.6 Å². The quantitative estimate of drug-likeness (QED) is 0.414. The molecule has 1 amide bonds. The number of amides is 1. The molecule has 3 aromatic rings. The van der Waals surface area contributed by atoms with Crippen molar-refractivity contribution in [3.63, 3.8) is 0 Å². The molecule has 1 unspecified atom stereocenters. The summed E-state index contributed by atoms with van der Waals surface area (Å²) in [6, 6.07) is 17.6. The second-order valence-corrected chi connectivity index (χ2v) is 10.3. The zero-order valence-electron chi connectivity index (χ0n) is 21.5. The van der Waals surface area contributed by atoms with Crippen LogP contribution in [0, 0.1) is 12.8 Å². The largest absolute Gasteiger partial charge is 0.489 e. The smallest absolute Gasteiger partial charge is 0.298 e. The van der Waals surface area contributed by atoms with Crippen molar-refractivity contribution < 1.29 is 14.3 Å². The fourth-order valence-electron chi connectivity index (χ4n) is 5.33. The third-order valence-electron chi connectivity index (χ3n) is 7.13. The highest BCUT2D eigenvalue weighted by molar-refractivity contribution is 6.47. The molecule has 1 aromatic heterocycles. The third kappa shape index (κ3) is 4.63. The number of piperazine rings is 1. The number of benzene rings is 2. The highest BCUT2D eigenvalue weighted by Crippen LogP contribution is 2.37. The molecule has 3 heterocycles. The van der Waals surface area contributed by atoms with Crippen LogP contribution in [0.1, 0.15) is 30.0 Å². The average Bonchev–Trinajstić information content (AvgIpc) is 3.17. The molecule has 1 saturated heterocycles. The van der Waals surface area contributed by atoms with Gasteiger partial charge in [-0.15, -0.1) is 0 Å². The molecule has 0 radical (unpaired) electrons. The molecule has 2 aliphatic rings. The summed E-state index contributed by atoms with van der Waals surface area (Å²) in [7, 11) is 1.81. The minimum absolute atomic E-state index is 0.323. The van der Waals surface area contributed by atoms with Gasteiger partial charge in [0.2, 0.25) is 0 Å². The van der Waals surface area contributed by atoms with E-state index in [-0.39, 0.29) is 0 Å². The molecule has 7 nitrogen and oxygen atoms in total. The van der Waals surface area contributed by atoms with Crippen LogP contribution in [0.4, 0.5) is 11.4 Å². The van der Waals surface area contributed by atoms with Crippen molar-refractivity contribution in [2.24, 2.45) is 13.0 Å². The van der Waals surface area contributed by atoms with E-state index in [0.29, 0.717) is 29.9 Å². The van der Waals surface area contributed by atoms with Gasteiger partial charge in [0.25, 0.3) is 11.7 Å². The van der Waals surface area contributed by atoms with Crippen molar-refractivity contribution in [2.75, 3.05) is 43.0 Å². The molecular formula is C29H34N4O3. The summed E-state index contributed by atoms with van der Waals surface area (Å²) in [5.74, 6) is 0.160. The topological polar surface area (TPSA) is 66.8 Å². The van der Waals surface area contributed by atoms with Crippen molar-refractivity contribution in [1.29, 1.82) is 0 Å². The predicted octanol–water partition coefficient (Wildman–Crippen LogP) is 4.36. The van der Waals surface area contributed by atoms with Gasteiger partial charge in [-0.2, -0.15) is 0 Å². The number of hydrogen-bond acceptors (Lipinski definition) is 5. The van der Waals surface area contributed by atoms with E-state index in [1.54, 1.807) is 4.57 Å². The van der Waals surface area contributed by atoms with Crippen LogP contribution in [-0.4, -0.2) is 60.0 Å². The zero-order chi connectivity index (χ0) is 25.4. The van der Waals surface area contributed by atoms with E-state index in [0.717, 1.165) is 54.4 Å². The van der Waals surface area contributed by atoms with Gasteiger partial charge in [0.05, 0.1) is 11.7 Å². The second kappa shape index (κ2) is 9.82. The molecule has 2 aromatic carbocycles. The lowest BCUT2D eigenvalue weighted by Gasteiger charge is -2.46. The van der Waals surface area contributed by atoms with E-state index in [9.17, 15) is 9.59 Å². The Morgan fingerprint density at radius 1 is 1.08 bits per heavy atom. The maximum atomic E-state index is 13.3. The van der Waals surface area contributed by atoms with Crippen LogP contribution in [0.2, 0.25) is 0 Å². The molecular weight excluding hydrogens is 452 g/mol. The first-order chi connectivity index (χ1) is 17.3. The first-order valence-electron chi connectivity index (χ1n) is 12.6. The van der Waals surface area contributed by atoms with Gasteiger partial charge in [0, 0.05) is 56.2 Å². The van der Waals surface area contributed by atoms with E-state index in [2.05, 4.69) is 29.0 Å². The molecule has 36 heavy (non-hydrogen) atoms. The number of ether oxygens (including phenoxy) is 1. The minimum Gasteiger partial charge on any atom is -0.489 e. The normalized spacial score (nSPS) is 17.4. The highest BCUT2D eigenvalue weighted by atomic mass is 16.5. The van der Waals surface area contributed by atoms with E-state index in [1.807, 2.05) is 68.6 Å². The standard InChI is InChI=1S/C29H34N4O3/c1-19(2)16-32-12-13-33-23(17-32)18-36-26-15-22(10-11-25(26)33)30-29(35)28(34)27-24(14-20(3)31(27)4)21-8-6-5-7-9-21/h5-11,14-15,19,23H,12-13,16-18H2,1-4H3,(H,30,35). The molecule has 0 aliphatic carbocycles. The Morgan fingerprint density at radius 3 is 2.61 bits per heavy atom. The molecule has 0 spiro atoms. The number of ketones is 1.